The molecule has 0 bridgehead atoms. The highest BCUT2D eigenvalue weighted by Crippen LogP contribution is 2.30. The monoisotopic (exact) mass is 229 g/mol. The summed E-state index contributed by atoms with van der Waals surface area (Å²) in [5.74, 6) is -0.0951. The second kappa shape index (κ2) is 5.14. The molecule has 1 unspecified atom stereocenters. The van der Waals surface area contributed by atoms with Crippen LogP contribution in [0.3, 0.4) is 0 Å². The third-order valence-corrected chi connectivity index (χ3v) is 2.24. The maximum atomic E-state index is 12.4. The standard InChI is InChI=1S/C12H14F3N/c1-3-4-5-9(2)11-8-10(6-7-16-11)12(13,14)15/h4-9H,3H2,1-2H3/b5-4-. The van der Waals surface area contributed by atoms with Gasteiger partial charge in [0.1, 0.15) is 0 Å². The summed E-state index contributed by atoms with van der Waals surface area (Å²) >= 11 is 0. The summed E-state index contributed by atoms with van der Waals surface area (Å²) in [5.41, 5.74) is -0.200. The van der Waals surface area contributed by atoms with Gasteiger partial charge in [-0.25, -0.2) is 0 Å². The number of aromatic nitrogens is 1. The van der Waals surface area contributed by atoms with E-state index in [0.29, 0.717) is 5.69 Å². The molecule has 16 heavy (non-hydrogen) atoms. The van der Waals surface area contributed by atoms with Gasteiger partial charge in [0.15, 0.2) is 0 Å². The van der Waals surface area contributed by atoms with Crippen molar-refractivity contribution in [3.63, 3.8) is 0 Å². The number of pyridine rings is 1. The van der Waals surface area contributed by atoms with Gasteiger partial charge in [0, 0.05) is 17.8 Å². The van der Waals surface area contributed by atoms with Crippen LogP contribution in [-0.2, 0) is 6.18 Å². The van der Waals surface area contributed by atoms with E-state index >= 15 is 0 Å². The molecule has 0 aliphatic heterocycles. The fraction of sp³-hybridized carbons (Fsp3) is 0.417. The van der Waals surface area contributed by atoms with Crippen LogP contribution < -0.4 is 0 Å². The average molecular weight is 229 g/mol. The minimum Gasteiger partial charge on any atom is -0.261 e. The Morgan fingerprint density at radius 2 is 2.12 bits per heavy atom. The maximum Gasteiger partial charge on any atom is 0.416 e. The van der Waals surface area contributed by atoms with E-state index in [1.165, 1.54) is 6.20 Å². The fourth-order valence-electron chi connectivity index (χ4n) is 1.31. The maximum absolute atomic E-state index is 12.4. The Kier molecular flexibility index (Phi) is 4.10. The summed E-state index contributed by atoms with van der Waals surface area (Å²) in [6, 6.07) is 2.09. The first kappa shape index (κ1) is 12.7. The molecule has 1 atom stereocenters. The highest BCUT2D eigenvalue weighted by atomic mass is 19.4. The van der Waals surface area contributed by atoms with E-state index in [9.17, 15) is 13.2 Å². The van der Waals surface area contributed by atoms with Gasteiger partial charge in [0.05, 0.1) is 5.56 Å². The van der Waals surface area contributed by atoms with Gasteiger partial charge in [-0.1, -0.05) is 26.0 Å². The van der Waals surface area contributed by atoms with Crippen molar-refractivity contribution in [1.29, 1.82) is 0 Å². The lowest BCUT2D eigenvalue weighted by Crippen LogP contribution is -2.06. The van der Waals surface area contributed by atoms with Crippen LogP contribution in [0.5, 0.6) is 0 Å². The van der Waals surface area contributed by atoms with E-state index in [2.05, 4.69) is 4.98 Å². The topological polar surface area (TPSA) is 12.9 Å². The van der Waals surface area contributed by atoms with Crippen LogP contribution in [0.4, 0.5) is 13.2 Å². The van der Waals surface area contributed by atoms with Crippen LogP contribution in [0.2, 0.25) is 0 Å². The van der Waals surface area contributed by atoms with Crippen LogP contribution in [0, 0.1) is 0 Å². The SMILES string of the molecule is CC/C=C\C(C)c1cc(C(F)(F)F)ccn1. The van der Waals surface area contributed by atoms with Crippen LogP contribution >= 0.6 is 0 Å². The molecule has 1 aromatic rings. The number of rotatable bonds is 3. The summed E-state index contributed by atoms with van der Waals surface area (Å²) in [6.45, 7) is 3.80. The Labute approximate surface area is 93.0 Å². The highest BCUT2D eigenvalue weighted by molar-refractivity contribution is 5.23. The summed E-state index contributed by atoms with van der Waals surface area (Å²) in [6.07, 6.45) is 1.55. The number of allylic oxidation sites excluding steroid dienone is 2. The lowest BCUT2D eigenvalue weighted by Gasteiger charge is -2.10. The van der Waals surface area contributed by atoms with Gasteiger partial charge in [0.25, 0.3) is 0 Å². The van der Waals surface area contributed by atoms with E-state index < -0.39 is 11.7 Å². The summed E-state index contributed by atoms with van der Waals surface area (Å²) in [7, 11) is 0. The molecular weight excluding hydrogens is 215 g/mol. The predicted molar refractivity (Wildman–Crippen MR) is 57.1 cm³/mol. The van der Waals surface area contributed by atoms with Crippen molar-refractivity contribution in [2.24, 2.45) is 0 Å². The minimum atomic E-state index is -4.30. The van der Waals surface area contributed by atoms with Gasteiger partial charge in [-0.05, 0) is 18.6 Å². The Morgan fingerprint density at radius 3 is 2.69 bits per heavy atom. The van der Waals surface area contributed by atoms with E-state index in [0.717, 1.165) is 18.6 Å². The zero-order chi connectivity index (χ0) is 12.2. The van der Waals surface area contributed by atoms with E-state index in [-0.39, 0.29) is 5.92 Å². The summed E-state index contributed by atoms with van der Waals surface area (Å²) < 4.78 is 37.3. The molecule has 1 aromatic heterocycles. The molecule has 0 saturated heterocycles. The lowest BCUT2D eigenvalue weighted by molar-refractivity contribution is -0.137. The molecule has 0 saturated carbocycles. The molecule has 1 rings (SSSR count). The molecule has 0 spiro atoms. The molecule has 0 amide bonds. The van der Waals surface area contributed by atoms with Crippen LogP contribution in [0.1, 0.15) is 37.4 Å². The van der Waals surface area contributed by atoms with Crippen molar-refractivity contribution < 1.29 is 13.2 Å². The largest absolute Gasteiger partial charge is 0.416 e. The molecule has 1 nitrogen and oxygen atoms in total. The third-order valence-electron chi connectivity index (χ3n) is 2.24. The molecule has 0 aliphatic carbocycles. The van der Waals surface area contributed by atoms with Crippen molar-refractivity contribution in [1.82, 2.24) is 4.98 Å². The first-order valence-corrected chi connectivity index (χ1v) is 5.15. The number of hydrogen-bond donors (Lipinski definition) is 0. The first-order valence-electron chi connectivity index (χ1n) is 5.15. The Bertz CT molecular complexity index is 369. The van der Waals surface area contributed by atoms with E-state index in [1.807, 2.05) is 26.0 Å². The fourth-order valence-corrected chi connectivity index (χ4v) is 1.31. The van der Waals surface area contributed by atoms with Crippen LogP contribution in [0.15, 0.2) is 30.5 Å². The van der Waals surface area contributed by atoms with Gasteiger partial charge < -0.3 is 0 Å². The Morgan fingerprint density at radius 1 is 1.44 bits per heavy atom. The molecule has 0 fully saturated rings. The van der Waals surface area contributed by atoms with Crippen molar-refractivity contribution in [2.75, 3.05) is 0 Å². The quantitative estimate of drug-likeness (QED) is 0.709. The molecular formula is C12H14F3N. The zero-order valence-corrected chi connectivity index (χ0v) is 9.25. The first-order chi connectivity index (χ1) is 7.45. The highest BCUT2D eigenvalue weighted by Gasteiger charge is 2.30. The molecule has 0 radical (unpaired) electrons. The molecule has 0 aliphatic rings. The van der Waals surface area contributed by atoms with Crippen molar-refractivity contribution in [3.05, 3.63) is 41.7 Å². The second-order valence-electron chi connectivity index (χ2n) is 3.59. The molecule has 88 valence electrons. The Balaban J connectivity index is 2.94. The van der Waals surface area contributed by atoms with Gasteiger partial charge in [0.2, 0.25) is 0 Å². The smallest absolute Gasteiger partial charge is 0.261 e. The predicted octanol–water partition coefficient (Wildman–Crippen LogP) is 4.17. The third kappa shape index (κ3) is 3.36. The molecule has 1 heterocycles. The number of halogens is 3. The number of alkyl halides is 3. The lowest BCUT2D eigenvalue weighted by atomic mass is 10.0. The Hall–Kier alpha value is -1.32. The van der Waals surface area contributed by atoms with Crippen molar-refractivity contribution >= 4 is 0 Å². The van der Waals surface area contributed by atoms with E-state index in [4.69, 9.17) is 0 Å². The van der Waals surface area contributed by atoms with Gasteiger partial charge >= 0.3 is 6.18 Å². The van der Waals surface area contributed by atoms with Gasteiger partial charge in [-0.3, -0.25) is 4.98 Å². The molecule has 0 aromatic carbocycles. The number of hydrogen-bond acceptors (Lipinski definition) is 1. The van der Waals surface area contributed by atoms with Crippen molar-refractivity contribution in [2.45, 2.75) is 32.4 Å². The van der Waals surface area contributed by atoms with Crippen molar-refractivity contribution in [3.8, 4) is 0 Å². The second-order valence-corrected chi connectivity index (χ2v) is 3.59. The van der Waals surface area contributed by atoms with Crippen LogP contribution in [0.25, 0.3) is 0 Å². The number of nitrogens with zero attached hydrogens (tertiary/aromatic N) is 1. The summed E-state index contributed by atoms with van der Waals surface area (Å²) in [4.78, 5) is 3.95. The van der Waals surface area contributed by atoms with Gasteiger partial charge in [-0.2, -0.15) is 13.2 Å². The normalized spacial score (nSPS) is 14.3. The van der Waals surface area contributed by atoms with Crippen LogP contribution in [-0.4, -0.2) is 4.98 Å². The molecule has 0 N–H and O–H groups in total. The van der Waals surface area contributed by atoms with Gasteiger partial charge in [-0.15, -0.1) is 0 Å². The summed E-state index contributed by atoms with van der Waals surface area (Å²) in [5, 5.41) is 0. The molecule has 4 heteroatoms. The minimum absolute atomic E-state index is 0.0951. The zero-order valence-electron chi connectivity index (χ0n) is 9.25. The average Bonchev–Trinajstić information content (AvgIpc) is 2.25. The van der Waals surface area contributed by atoms with E-state index in [1.54, 1.807) is 0 Å².